The first kappa shape index (κ1) is 13.1. The third-order valence-corrected chi connectivity index (χ3v) is 2.97. The van der Waals surface area contributed by atoms with Crippen molar-refractivity contribution in [2.45, 2.75) is 6.92 Å². The predicted octanol–water partition coefficient (Wildman–Crippen LogP) is 2.47. The van der Waals surface area contributed by atoms with Gasteiger partial charge in [-0.25, -0.2) is 10.2 Å². The summed E-state index contributed by atoms with van der Waals surface area (Å²) in [4.78, 5) is 6.61. The second-order valence-corrected chi connectivity index (χ2v) is 4.20. The monoisotopic (exact) mass is 271 g/mol. The average Bonchev–Trinajstić information content (AvgIpc) is 2.79. The Labute approximate surface area is 116 Å². The Balaban J connectivity index is 0.000000408. The van der Waals surface area contributed by atoms with Crippen LogP contribution in [0.1, 0.15) is 5.69 Å². The Morgan fingerprint density at radius 3 is 2.74 bits per heavy atom. The lowest BCUT2D eigenvalue weighted by Crippen LogP contribution is -2.05. The van der Waals surface area contributed by atoms with Crippen molar-refractivity contribution in [2.75, 3.05) is 7.11 Å². The summed E-state index contributed by atoms with van der Waals surface area (Å²) in [5.41, 5.74) is 3.41. The molecule has 0 saturated heterocycles. The van der Waals surface area contributed by atoms with Gasteiger partial charge in [-0.05, 0) is 12.1 Å². The summed E-state index contributed by atoms with van der Waals surface area (Å²) < 4.78 is 5.22. The molecule has 2 aromatic heterocycles. The SMILES string of the molecule is COc1ccc2c(c1)[nH]c1c(C)[nH+]ccc12.N#C[S-]. The molecule has 5 heteroatoms. The fraction of sp³-hybridized carbons (Fsp3) is 0.143. The molecule has 0 unspecified atom stereocenters. The van der Waals surface area contributed by atoms with Gasteiger partial charge >= 0.3 is 0 Å². The molecule has 0 aliphatic heterocycles. The van der Waals surface area contributed by atoms with E-state index in [9.17, 15) is 0 Å². The van der Waals surface area contributed by atoms with Crippen LogP contribution in [0.15, 0.2) is 30.5 Å². The third-order valence-electron chi connectivity index (χ3n) is 2.97. The number of fused-ring (bicyclic) bond motifs is 3. The fourth-order valence-electron chi connectivity index (χ4n) is 2.12. The fourth-order valence-corrected chi connectivity index (χ4v) is 2.12. The number of ether oxygens (including phenoxy) is 1. The molecule has 19 heavy (non-hydrogen) atoms. The molecule has 0 bridgehead atoms. The topological polar surface area (TPSA) is 62.9 Å². The Hall–Kier alpha value is -2.32. The summed E-state index contributed by atoms with van der Waals surface area (Å²) in [6.07, 6.45) is 1.97. The molecular weight excluding hydrogens is 258 g/mol. The van der Waals surface area contributed by atoms with Crippen LogP contribution in [-0.4, -0.2) is 12.1 Å². The van der Waals surface area contributed by atoms with Gasteiger partial charge in [0.05, 0.1) is 12.6 Å². The second kappa shape index (κ2) is 5.55. The zero-order valence-corrected chi connectivity index (χ0v) is 11.5. The van der Waals surface area contributed by atoms with Crippen molar-refractivity contribution in [3.8, 4) is 11.2 Å². The van der Waals surface area contributed by atoms with Crippen molar-refractivity contribution in [1.82, 2.24) is 4.98 Å². The molecule has 0 aliphatic rings. The maximum atomic E-state index is 7.13. The Bertz CT molecular complexity index is 758. The lowest BCUT2D eigenvalue weighted by Gasteiger charge is -1.97. The molecular formula is C14H13N3OS. The summed E-state index contributed by atoms with van der Waals surface area (Å²) >= 11 is 3.70. The normalized spacial score (nSPS) is 9.74. The number of nitriles is 1. The van der Waals surface area contributed by atoms with Gasteiger partial charge in [0, 0.05) is 29.8 Å². The van der Waals surface area contributed by atoms with E-state index in [0.29, 0.717) is 0 Å². The number of nitrogens with zero attached hydrogens (tertiary/aromatic N) is 1. The minimum atomic E-state index is 0.876. The number of benzene rings is 1. The number of rotatable bonds is 1. The first-order chi connectivity index (χ1) is 9.21. The van der Waals surface area contributed by atoms with Crippen LogP contribution in [0.4, 0.5) is 0 Å². The minimum Gasteiger partial charge on any atom is -0.696 e. The van der Waals surface area contributed by atoms with E-state index < -0.39 is 0 Å². The molecule has 0 amide bonds. The molecule has 0 saturated carbocycles. The molecule has 2 heterocycles. The van der Waals surface area contributed by atoms with Crippen LogP contribution in [-0.2, 0) is 12.6 Å². The van der Waals surface area contributed by atoms with Crippen molar-refractivity contribution < 1.29 is 9.72 Å². The van der Waals surface area contributed by atoms with Crippen molar-refractivity contribution >= 4 is 34.4 Å². The number of methoxy groups -OCH3 is 1. The van der Waals surface area contributed by atoms with E-state index in [1.807, 2.05) is 18.3 Å². The number of aryl methyl sites for hydroxylation is 1. The average molecular weight is 271 g/mol. The highest BCUT2D eigenvalue weighted by Crippen LogP contribution is 2.28. The summed E-state index contributed by atoms with van der Waals surface area (Å²) in [5, 5.41) is 10.9. The summed E-state index contributed by atoms with van der Waals surface area (Å²) in [6.45, 7) is 2.06. The van der Waals surface area contributed by atoms with Crippen molar-refractivity contribution in [2.24, 2.45) is 0 Å². The lowest BCUT2D eigenvalue weighted by molar-refractivity contribution is -0.385. The van der Waals surface area contributed by atoms with Crippen LogP contribution in [0.2, 0.25) is 0 Å². The summed E-state index contributed by atoms with van der Waals surface area (Å²) in [6, 6.07) is 8.19. The molecule has 0 radical (unpaired) electrons. The van der Waals surface area contributed by atoms with Crippen molar-refractivity contribution in [1.29, 1.82) is 5.26 Å². The van der Waals surface area contributed by atoms with Gasteiger partial charge in [0.15, 0.2) is 6.20 Å². The number of H-pyrrole nitrogens is 2. The van der Waals surface area contributed by atoms with Crippen LogP contribution in [0.5, 0.6) is 5.75 Å². The van der Waals surface area contributed by atoms with Gasteiger partial charge in [-0.2, -0.15) is 0 Å². The van der Waals surface area contributed by atoms with Gasteiger partial charge in [-0.15, -0.1) is 0 Å². The van der Waals surface area contributed by atoms with E-state index in [-0.39, 0.29) is 0 Å². The Morgan fingerprint density at radius 2 is 2.05 bits per heavy atom. The molecule has 0 spiro atoms. The zero-order valence-electron chi connectivity index (χ0n) is 10.7. The number of nitrogens with one attached hydrogen (secondary N) is 2. The molecule has 2 N–H and O–H groups in total. The molecule has 4 nitrogen and oxygen atoms in total. The number of hydrogen-bond donors (Lipinski definition) is 1. The maximum Gasteiger partial charge on any atom is 0.200 e. The summed E-state index contributed by atoms with van der Waals surface area (Å²) in [5.74, 6) is 0.876. The molecule has 3 aromatic rings. The molecule has 96 valence electrons. The standard InChI is InChI=1S/C13H12N2O.CHNS/c1-8-13-11(5-6-14-8)10-4-3-9(16-2)7-12(10)15-13;2-1-3/h3-7,15H,1-2H3;3H. The third kappa shape index (κ3) is 2.44. The molecule has 1 aromatic carbocycles. The lowest BCUT2D eigenvalue weighted by atomic mass is 10.1. The van der Waals surface area contributed by atoms with Gasteiger partial charge in [0.1, 0.15) is 11.3 Å². The Morgan fingerprint density at radius 1 is 1.32 bits per heavy atom. The highest BCUT2D eigenvalue weighted by molar-refractivity contribution is 7.64. The number of aromatic nitrogens is 2. The van der Waals surface area contributed by atoms with Crippen molar-refractivity contribution in [3.05, 3.63) is 36.2 Å². The van der Waals surface area contributed by atoms with E-state index >= 15 is 0 Å². The summed E-state index contributed by atoms with van der Waals surface area (Å²) in [7, 11) is 1.68. The number of aromatic amines is 2. The molecule has 0 atom stereocenters. The second-order valence-electron chi connectivity index (χ2n) is 4.02. The Kier molecular flexibility index (Phi) is 3.83. The van der Waals surface area contributed by atoms with E-state index in [4.69, 9.17) is 10.00 Å². The predicted molar refractivity (Wildman–Crippen MR) is 76.6 cm³/mol. The zero-order chi connectivity index (χ0) is 13.8. The molecule has 0 fully saturated rings. The van der Waals surface area contributed by atoms with Gasteiger partial charge in [0.2, 0.25) is 5.69 Å². The molecule has 3 rings (SSSR count). The van der Waals surface area contributed by atoms with Gasteiger partial charge in [0.25, 0.3) is 0 Å². The highest BCUT2D eigenvalue weighted by atomic mass is 32.1. The molecule has 0 aliphatic carbocycles. The quantitative estimate of drug-likeness (QED) is 0.546. The maximum absolute atomic E-state index is 7.13. The largest absolute Gasteiger partial charge is 0.696 e. The number of pyridine rings is 1. The number of thiocyanates is 1. The van der Waals surface area contributed by atoms with Gasteiger partial charge in [-0.3, -0.25) is 0 Å². The van der Waals surface area contributed by atoms with Crippen LogP contribution in [0, 0.1) is 17.6 Å². The van der Waals surface area contributed by atoms with E-state index in [1.165, 1.54) is 16.2 Å². The van der Waals surface area contributed by atoms with E-state index in [1.54, 1.807) is 7.11 Å². The first-order valence-corrected chi connectivity index (χ1v) is 6.10. The van der Waals surface area contributed by atoms with Gasteiger partial charge < -0.3 is 22.3 Å². The van der Waals surface area contributed by atoms with Crippen LogP contribution in [0.3, 0.4) is 0 Å². The van der Waals surface area contributed by atoms with Crippen LogP contribution in [0.25, 0.3) is 21.8 Å². The first-order valence-electron chi connectivity index (χ1n) is 5.69. The number of hydrogen-bond acceptors (Lipinski definition) is 3. The van der Waals surface area contributed by atoms with Crippen LogP contribution >= 0.6 is 0 Å². The van der Waals surface area contributed by atoms with Gasteiger partial charge in [-0.1, -0.05) is 5.40 Å². The van der Waals surface area contributed by atoms with Crippen LogP contribution < -0.4 is 9.72 Å². The smallest absolute Gasteiger partial charge is 0.200 e. The highest BCUT2D eigenvalue weighted by Gasteiger charge is 2.09. The van der Waals surface area contributed by atoms with Crippen molar-refractivity contribution in [3.63, 3.8) is 0 Å². The minimum absolute atomic E-state index is 0.876. The van der Waals surface area contributed by atoms with E-state index in [2.05, 4.69) is 41.7 Å². The van der Waals surface area contributed by atoms with E-state index in [0.717, 1.165) is 22.5 Å².